The second-order valence-corrected chi connectivity index (χ2v) is 7.02. The molecule has 0 radical (unpaired) electrons. The molecule has 0 amide bonds. The van der Waals surface area contributed by atoms with Crippen LogP contribution in [0.4, 0.5) is 0 Å². The third-order valence-electron chi connectivity index (χ3n) is 2.55. The molecule has 0 aliphatic heterocycles. The quantitative estimate of drug-likeness (QED) is 0.256. The molecule has 0 fully saturated rings. The van der Waals surface area contributed by atoms with Crippen molar-refractivity contribution in [3.63, 3.8) is 0 Å². The summed E-state index contributed by atoms with van der Waals surface area (Å²) in [5, 5.41) is 11.8. The predicted molar refractivity (Wildman–Crippen MR) is 80.6 cm³/mol. The van der Waals surface area contributed by atoms with Crippen molar-refractivity contribution in [1.82, 2.24) is 0 Å². The molecule has 0 saturated carbocycles. The molecule has 1 unspecified atom stereocenters. The second-order valence-electron chi connectivity index (χ2n) is 4.40. The van der Waals surface area contributed by atoms with Crippen LogP contribution in [-0.2, 0) is 21.3 Å². The van der Waals surface area contributed by atoms with Gasteiger partial charge >= 0.3 is 29.6 Å². The smallest absolute Gasteiger partial charge is 0.862 e. The van der Waals surface area contributed by atoms with Crippen LogP contribution in [0.2, 0.25) is 0 Å². The van der Waals surface area contributed by atoms with Gasteiger partial charge in [-0.25, -0.2) is 0 Å². The zero-order valence-electron chi connectivity index (χ0n) is 12.4. The van der Waals surface area contributed by atoms with E-state index < -0.39 is 27.8 Å². The Morgan fingerprint density at radius 3 is 2.45 bits per heavy atom. The first-order chi connectivity index (χ1) is 9.78. The zero-order chi connectivity index (χ0) is 15.9. The summed E-state index contributed by atoms with van der Waals surface area (Å²) in [6.07, 6.45) is 0.356. The number of aliphatic imine (C=N–C) groups is 1. The number of carbonyl (C=O) groups is 1. The largest absolute Gasteiger partial charge is 1.00 e. The van der Waals surface area contributed by atoms with Crippen molar-refractivity contribution in [3.05, 3.63) is 35.9 Å². The number of thioether (sulfide) groups is 1. The molecule has 1 atom stereocenters. The molecule has 0 aliphatic rings. The van der Waals surface area contributed by atoms with Crippen LogP contribution in [0.25, 0.3) is 0 Å². The standard InChI is InChI=1S/C13H17NO5S2.Na/c1-10(15)20-8-12(7-11-5-3-2-4-6-11)13(16)14-9-21(17,18)19;/h2-6,12H,7-9H2,1H3,(H,14,16)(H,17,18,19);/q;+1/p-1. The minimum atomic E-state index is -4.32. The van der Waals surface area contributed by atoms with E-state index in [1.165, 1.54) is 6.92 Å². The van der Waals surface area contributed by atoms with Crippen LogP contribution >= 0.6 is 11.8 Å². The van der Waals surface area contributed by atoms with Crippen LogP contribution in [0.5, 0.6) is 0 Å². The number of benzene rings is 1. The maximum Gasteiger partial charge on any atom is 1.00 e. The van der Waals surface area contributed by atoms with E-state index >= 15 is 0 Å². The van der Waals surface area contributed by atoms with Crippen molar-refractivity contribution >= 4 is 32.9 Å². The first-order valence-electron chi connectivity index (χ1n) is 6.11. The van der Waals surface area contributed by atoms with Gasteiger partial charge in [0.25, 0.3) is 10.1 Å². The molecule has 0 bridgehead atoms. The van der Waals surface area contributed by atoms with Gasteiger partial charge in [0.2, 0.25) is 0 Å². The Hall–Kier alpha value is -0.380. The number of hydrogen-bond acceptors (Lipinski definition) is 6. The molecular formula is C13H16NNaO5S2. The van der Waals surface area contributed by atoms with E-state index in [0.29, 0.717) is 6.42 Å². The van der Waals surface area contributed by atoms with Gasteiger partial charge in [0.05, 0.1) is 0 Å². The molecule has 9 heteroatoms. The van der Waals surface area contributed by atoms with E-state index in [-0.39, 0.29) is 40.4 Å². The Labute approximate surface area is 156 Å². The average molecular weight is 353 g/mol. The van der Waals surface area contributed by atoms with Crippen molar-refractivity contribution < 1.29 is 52.4 Å². The van der Waals surface area contributed by atoms with Gasteiger partial charge in [-0.05, 0) is 17.9 Å². The van der Waals surface area contributed by atoms with Crippen molar-refractivity contribution in [2.24, 2.45) is 10.9 Å². The Morgan fingerprint density at radius 1 is 1.36 bits per heavy atom. The van der Waals surface area contributed by atoms with Crippen molar-refractivity contribution in [3.8, 4) is 0 Å². The molecule has 22 heavy (non-hydrogen) atoms. The second kappa shape index (κ2) is 10.4. The molecule has 0 saturated heterocycles. The van der Waals surface area contributed by atoms with Crippen LogP contribution in [-0.4, -0.2) is 35.6 Å². The van der Waals surface area contributed by atoms with E-state index in [2.05, 4.69) is 4.99 Å². The van der Waals surface area contributed by atoms with Gasteiger partial charge in [-0.15, -0.1) is 0 Å². The van der Waals surface area contributed by atoms with E-state index in [1.54, 1.807) is 0 Å². The van der Waals surface area contributed by atoms with Gasteiger partial charge in [0.15, 0.2) is 11.0 Å². The number of rotatable bonds is 7. The summed E-state index contributed by atoms with van der Waals surface area (Å²) in [6.45, 7) is 1.39. The molecule has 0 spiro atoms. The van der Waals surface area contributed by atoms with Crippen LogP contribution < -0.4 is 34.7 Å². The van der Waals surface area contributed by atoms with E-state index in [9.17, 15) is 18.3 Å². The van der Waals surface area contributed by atoms with Crippen LogP contribution in [0.3, 0.4) is 0 Å². The summed E-state index contributed by atoms with van der Waals surface area (Å²) in [5.41, 5.74) is 0.891. The fourth-order valence-electron chi connectivity index (χ4n) is 1.61. The molecule has 0 aliphatic carbocycles. The molecule has 1 aromatic rings. The first kappa shape index (κ1) is 21.6. The minimum absolute atomic E-state index is 0. The van der Waals surface area contributed by atoms with Gasteiger partial charge in [-0.1, -0.05) is 42.1 Å². The molecular weight excluding hydrogens is 337 g/mol. The summed E-state index contributed by atoms with van der Waals surface area (Å²) in [6, 6.07) is 9.16. The summed E-state index contributed by atoms with van der Waals surface area (Å²) in [5.74, 6) is -1.98. The maximum absolute atomic E-state index is 11.9. The topological polar surface area (TPSA) is 107 Å². The van der Waals surface area contributed by atoms with Gasteiger partial charge < -0.3 is 5.11 Å². The van der Waals surface area contributed by atoms with Crippen LogP contribution in [0.15, 0.2) is 35.3 Å². The molecule has 6 nitrogen and oxygen atoms in total. The number of hydrogen-bond donors (Lipinski definition) is 1. The van der Waals surface area contributed by atoms with Gasteiger partial charge in [-0.3, -0.25) is 14.3 Å². The predicted octanol–water partition coefficient (Wildman–Crippen LogP) is -2.27. The summed E-state index contributed by atoms with van der Waals surface area (Å²) in [7, 11) is -4.32. The van der Waals surface area contributed by atoms with E-state index in [0.717, 1.165) is 17.3 Å². The van der Waals surface area contributed by atoms with Crippen LogP contribution in [0, 0.1) is 5.92 Å². The minimum Gasteiger partial charge on any atom is -0.862 e. The number of carbonyl (C=O) groups excluding carboxylic acids is 1. The van der Waals surface area contributed by atoms with Gasteiger partial charge in [0, 0.05) is 18.6 Å². The first-order valence-corrected chi connectivity index (χ1v) is 8.71. The van der Waals surface area contributed by atoms with Crippen molar-refractivity contribution in [1.29, 1.82) is 0 Å². The number of nitrogens with zero attached hydrogens (tertiary/aromatic N) is 1. The Kier molecular flexibility index (Phi) is 10.2. The average Bonchev–Trinajstić information content (AvgIpc) is 2.41. The third-order valence-corrected chi connectivity index (χ3v) is 3.98. The molecule has 0 heterocycles. The summed E-state index contributed by atoms with van der Waals surface area (Å²) < 4.78 is 29.9. The van der Waals surface area contributed by atoms with Crippen molar-refractivity contribution in [2.75, 3.05) is 11.6 Å². The monoisotopic (exact) mass is 353 g/mol. The third kappa shape index (κ3) is 9.60. The van der Waals surface area contributed by atoms with Crippen molar-refractivity contribution in [2.45, 2.75) is 13.3 Å². The zero-order valence-corrected chi connectivity index (χ0v) is 16.1. The van der Waals surface area contributed by atoms with Crippen LogP contribution in [0.1, 0.15) is 12.5 Å². The maximum atomic E-state index is 11.9. The Balaban J connectivity index is 0.00000441. The Morgan fingerprint density at radius 2 is 1.95 bits per heavy atom. The molecule has 116 valence electrons. The fraction of sp³-hybridized carbons (Fsp3) is 0.385. The Bertz CT molecular complexity index is 604. The molecule has 1 rings (SSSR count). The fourth-order valence-corrected chi connectivity index (χ4v) is 2.60. The normalized spacial score (nSPS) is 13.3. The molecule has 0 aromatic heterocycles. The van der Waals surface area contributed by atoms with E-state index in [4.69, 9.17) is 4.55 Å². The SMILES string of the molecule is CC(=O)SCC(Cc1ccccc1)C([O-])=NCS(=O)(=O)O.[Na+]. The van der Waals surface area contributed by atoms with Gasteiger partial charge in [-0.2, -0.15) is 8.42 Å². The van der Waals surface area contributed by atoms with Gasteiger partial charge in [0.1, 0.15) is 0 Å². The molecule has 1 aromatic carbocycles. The van der Waals surface area contributed by atoms with E-state index in [1.807, 2.05) is 30.3 Å². The summed E-state index contributed by atoms with van der Waals surface area (Å²) >= 11 is 0.989. The summed E-state index contributed by atoms with van der Waals surface area (Å²) in [4.78, 5) is 14.4. The molecule has 1 N–H and O–H groups in total.